The Kier molecular flexibility index (Phi) is 2.66. The van der Waals surface area contributed by atoms with Crippen LogP contribution in [0.4, 0.5) is 13.2 Å². The molecule has 1 nitrogen and oxygen atoms in total. The Morgan fingerprint density at radius 2 is 2.00 bits per heavy atom. The quantitative estimate of drug-likeness (QED) is 0.651. The lowest BCUT2D eigenvalue weighted by Crippen LogP contribution is -2.14. The van der Waals surface area contributed by atoms with Crippen molar-refractivity contribution in [3.63, 3.8) is 0 Å². The van der Waals surface area contributed by atoms with E-state index in [1.807, 2.05) is 13.8 Å². The molecule has 1 saturated carbocycles. The van der Waals surface area contributed by atoms with Crippen molar-refractivity contribution in [1.82, 2.24) is 0 Å². The van der Waals surface area contributed by atoms with E-state index in [0.29, 0.717) is 0 Å². The van der Waals surface area contributed by atoms with Crippen molar-refractivity contribution in [3.8, 4) is 0 Å². The van der Waals surface area contributed by atoms with E-state index in [1.165, 1.54) is 0 Å². The molecule has 0 radical (unpaired) electrons. The molecule has 1 aliphatic rings. The molecule has 12 heavy (non-hydrogen) atoms. The highest BCUT2D eigenvalue weighted by Gasteiger charge is 2.55. The highest BCUT2D eigenvalue weighted by Crippen LogP contribution is 2.50. The highest BCUT2D eigenvalue weighted by atomic mass is 19.4. The maximum Gasteiger partial charge on any atom is 0.392 e. The van der Waals surface area contributed by atoms with E-state index in [1.54, 1.807) is 0 Å². The Bertz CT molecular complexity index is 153. The van der Waals surface area contributed by atoms with Gasteiger partial charge in [0.15, 0.2) is 0 Å². The summed E-state index contributed by atoms with van der Waals surface area (Å²) < 4.78 is 41.0. The van der Waals surface area contributed by atoms with E-state index in [0.717, 1.165) is 0 Å². The van der Waals surface area contributed by atoms with Crippen LogP contribution in [0.5, 0.6) is 0 Å². The van der Waals surface area contributed by atoms with Crippen molar-refractivity contribution in [3.05, 3.63) is 0 Å². The topological polar surface area (TPSA) is 9.23 Å². The monoisotopic (exact) mass is 182 g/mol. The minimum atomic E-state index is -4.01. The average Bonchev–Trinajstić information content (AvgIpc) is 2.59. The van der Waals surface area contributed by atoms with Crippen molar-refractivity contribution in [2.24, 2.45) is 11.8 Å². The molecular formula is C8H13F3O. The molecule has 0 N–H and O–H groups in total. The Morgan fingerprint density at radius 1 is 1.42 bits per heavy atom. The Hall–Kier alpha value is -0.250. The average molecular weight is 182 g/mol. The first kappa shape index (κ1) is 9.84. The number of rotatable bonds is 3. The Labute approximate surface area is 69.9 Å². The standard InChI is InChI=1S/C8H13F3O/c1-5(2)12-4-6-3-7(6)8(9,10)11/h5-7H,3-4H2,1-2H3/t6-,7+/m0/s1. The van der Waals surface area contributed by atoms with Crippen LogP contribution in [0.1, 0.15) is 20.3 Å². The predicted molar refractivity (Wildman–Crippen MR) is 38.7 cm³/mol. The van der Waals surface area contributed by atoms with Crippen molar-refractivity contribution < 1.29 is 17.9 Å². The van der Waals surface area contributed by atoms with E-state index in [4.69, 9.17) is 4.74 Å². The van der Waals surface area contributed by atoms with Gasteiger partial charge < -0.3 is 4.74 Å². The highest BCUT2D eigenvalue weighted by molar-refractivity contribution is 4.91. The summed E-state index contributed by atoms with van der Waals surface area (Å²) in [4.78, 5) is 0. The minimum Gasteiger partial charge on any atom is -0.378 e. The number of alkyl halides is 3. The van der Waals surface area contributed by atoms with Gasteiger partial charge >= 0.3 is 6.18 Å². The van der Waals surface area contributed by atoms with Crippen molar-refractivity contribution in [2.75, 3.05) is 6.61 Å². The largest absolute Gasteiger partial charge is 0.392 e. The molecule has 0 bridgehead atoms. The fourth-order valence-electron chi connectivity index (χ4n) is 1.15. The van der Waals surface area contributed by atoms with Crippen LogP contribution in [0.2, 0.25) is 0 Å². The van der Waals surface area contributed by atoms with E-state index >= 15 is 0 Å². The zero-order chi connectivity index (χ0) is 9.35. The number of ether oxygens (including phenoxy) is 1. The predicted octanol–water partition coefficient (Wildman–Crippen LogP) is 2.61. The molecule has 0 spiro atoms. The molecule has 2 atom stereocenters. The molecule has 1 aliphatic carbocycles. The Morgan fingerprint density at radius 3 is 2.33 bits per heavy atom. The zero-order valence-corrected chi connectivity index (χ0v) is 7.19. The van der Waals surface area contributed by atoms with Gasteiger partial charge in [0.1, 0.15) is 0 Å². The van der Waals surface area contributed by atoms with Crippen molar-refractivity contribution >= 4 is 0 Å². The summed E-state index contributed by atoms with van der Waals surface area (Å²) in [6.45, 7) is 3.90. The first-order valence-electron chi connectivity index (χ1n) is 4.09. The molecule has 0 amide bonds. The van der Waals surface area contributed by atoms with Gasteiger partial charge in [0.2, 0.25) is 0 Å². The van der Waals surface area contributed by atoms with Crippen LogP contribution >= 0.6 is 0 Å². The normalized spacial score (nSPS) is 29.5. The molecule has 0 unspecified atom stereocenters. The number of hydrogen-bond donors (Lipinski definition) is 0. The third-order valence-electron chi connectivity index (χ3n) is 1.99. The van der Waals surface area contributed by atoms with E-state index in [2.05, 4.69) is 0 Å². The SMILES string of the molecule is CC(C)OC[C@@H]1C[C@H]1C(F)(F)F. The molecule has 72 valence electrons. The number of hydrogen-bond acceptors (Lipinski definition) is 1. The van der Waals surface area contributed by atoms with Gasteiger partial charge in [-0.05, 0) is 26.2 Å². The minimum absolute atomic E-state index is 0.0273. The van der Waals surface area contributed by atoms with Gasteiger partial charge in [0, 0.05) is 0 Å². The fraction of sp³-hybridized carbons (Fsp3) is 1.00. The molecule has 0 aromatic heterocycles. The Balaban J connectivity index is 2.16. The van der Waals surface area contributed by atoms with E-state index < -0.39 is 12.1 Å². The maximum atomic E-state index is 12.0. The van der Waals surface area contributed by atoms with Crippen LogP contribution in [0.15, 0.2) is 0 Å². The summed E-state index contributed by atoms with van der Waals surface area (Å²) in [5, 5.41) is 0. The first-order valence-corrected chi connectivity index (χ1v) is 4.09. The molecular weight excluding hydrogens is 169 g/mol. The summed E-state index contributed by atoms with van der Waals surface area (Å²) in [5.41, 5.74) is 0. The summed E-state index contributed by atoms with van der Waals surface area (Å²) >= 11 is 0. The third-order valence-corrected chi connectivity index (χ3v) is 1.99. The van der Waals surface area contributed by atoms with Crippen molar-refractivity contribution in [2.45, 2.75) is 32.5 Å². The fourth-order valence-corrected chi connectivity index (χ4v) is 1.15. The van der Waals surface area contributed by atoms with Gasteiger partial charge in [-0.25, -0.2) is 0 Å². The first-order chi connectivity index (χ1) is 5.41. The van der Waals surface area contributed by atoms with E-state index in [9.17, 15) is 13.2 Å². The molecule has 0 aromatic carbocycles. The van der Waals surface area contributed by atoms with Crippen molar-refractivity contribution in [1.29, 1.82) is 0 Å². The van der Waals surface area contributed by atoms with Crippen LogP contribution in [-0.2, 0) is 4.74 Å². The van der Waals surface area contributed by atoms with Gasteiger partial charge in [0.25, 0.3) is 0 Å². The zero-order valence-electron chi connectivity index (χ0n) is 7.19. The molecule has 1 rings (SSSR count). The molecule has 0 aliphatic heterocycles. The van der Waals surface area contributed by atoms with Crippen LogP contribution in [-0.4, -0.2) is 18.9 Å². The smallest absolute Gasteiger partial charge is 0.378 e. The second-order valence-electron chi connectivity index (χ2n) is 3.53. The number of halogens is 3. The summed E-state index contributed by atoms with van der Waals surface area (Å²) in [5.74, 6) is -1.39. The molecule has 1 fully saturated rings. The lowest BCUT2D eigenvalue weighted by Gasteiger charge is -2.08. The second kappa shape index (κ2) is 3.24. The van der Waals surface area contributed by atoms with Gasteiger partial charge in [0.05, 0.1) is 18.6 Å². The van der Waals surface area contributed by atoms with Crippen LogP contribution in [0, 0.1) is 11.8 Å². The third kappa shape index (κ3) is 2.66. The van der Waals surface area contributed by atoms with E-state index in [-0.39, 0.29) is 25.0 Å². The lowest BCUT2D eigenvalue weighted by atomic mass is 10.3. The molecule has 0 saturated heterocycles. The molecule has 0 aromatic rings. The van der Waals surface area contributed by atoms with Crippen LogP contribution < -0.4 is 0 Å². The summed E-state index contributed by atoms with van der Waals surface area (Å²) in [6.07, 6.45) is -3.74. The van der Waals surface area contributed by atoms with Crippen LogP contribution in [0.3, 0.4) is 0 Å². The maximum absolute atomic E-state index is 12.0. The van der Waals surface area contributed by atoms with Gasteiger partial charge in [-0.3, -0.25) is 0 Å². The van der Waals surface area contributed by atoms with Gasteiger partial charge in [-0.1, -0.05) is 0 Å². The molecule has 4 heteroatoms. The summed E-state index contributed by atoms with van der Waals surface area (Å²) in [6, 6.07) is 0. The molecule has 0 heterocycles. The lowest BCUT2D eigenvalue weighted by molar-refractivity contribution is -0.153. The van der Waals surface area contributed by atoms with Gasteiger partial charge in [-0.15, -0.1) is 0 Å². The summed E-state index contributed by atoms with van der Waals surface area (Å²) in [7, 11) is 0. The van der Waals surface area contributed by atoms with Crippen LogP contribution in [0.25, 0.3) is 0 Å². The van der Waals surface area contributed by atoms with Gasteiger partial charge in [-0.2, -0.15) is 13.2 Å². The second-order valence-corrected chi connectivity index (χ2v) is 3.53.